The highest BCUT2D eigenvalue weighted by Crippen LogP contribution is 2.09. The lowest BCUT2D eigenvalue weighted by atomic mass is 10.1. The van der Waals surface area contributed by atoms with Crippen molar-refractivity contribution in [2.24, 2.45) is 12.1 Å². The molecule has 1 amide bonds. The summed E-state index contributed by atoms with van der Waals surface area (Å²) >= 11 is 0. The van der Waals surface area contributed by atoms with E-state index in [0.717, 1.165) is 12.1 Å². The molecule has 1 N–H and O–H groups in total. The Bertz CT molecular complexity index is 1030. The maximum Gasteiger partial charge on any atom is 0.274 e. The number of para-hydroxylation sites is 1. The number of rotatable bonds is 5. The van der Waals surface area contributed by atoms with Gasteiger partial charge in [0, 0.05) is 18.2 Å². The molecule has 0 aliphatic rings. The maximum atomic E-state index is 12.6. The van der Waals surface area contributed by atoms with Crippen molar-refractivity contribution in [3.63, 3.8) is 0 Å². The van der Waals surface area contributed by atoms with E-state index in [0.29, 0.717) is 16.8 Å². The van der Waals surface area contributed by atoms with Crippen LogP contribution in [0.5, 0.6) is 0 Å². The summed E-state index contributed by atoms with van der Waals surface area (Å²) in [5, 5.41) is 4.03. The minimum atomic E-state index is -0.293. The van der Waals surface area contributed by atoms with Crippen LogP contribution in [0.2, 0.25) is 0 Å². The van der Waals surface area contributed by atoms with Gasteiger partial charge in [-0.15, -0.1) is 0 Å². The van der Waals surface area contributed by atoms with Crippen molar-refractivity contribution in [1.29, 1.82) is 0 Å². The Labute approximate surface area is 157 Å². The smallest absolute Gasteiger partial charge is 0.274 e. The number of hydrazone groups is 1. The number of carbonyl (C=O) groups excluding carboxylic acids is 1. The molecule has 0 unspecified atom stereocenters. The van der Waals surface area contributed by atoms with Gasteiger partial charge in [-0.2, -0.15) is 5.10 Å². The molecule has 0 radical (unpaired) electrons. The van der Waals surface area contributed by atoms with E-state index in [1.54, 1.807) is 35.5 Å². The van der Waals surface area contributed by atoms with Gasteiger partial charge in [0.2, 0.25) is 0 Å². The summed E-state index contributed by atoms with van der Waals surface area (Å²) in [5.74, 6) is -0.293. The van der Waals surface area contributed by atoms with Crippen molar-refractivity contribution in [1.82, 2.24) is 14.8 Å². The van der Waals surface area contributed by atoms with Gasteiger partial charge in [-0.05, 0) is 43.2 Å². The fourth-order valence-electron chi connectivity index (χ4n) is 2.90. The van der Waals surface area contributed by atoms with E-state index < -0.39 is 0 Å². The zero-order valence-electron chi connectivity index (χ0n) is 15.6. The molecule has 6 heteroatoms. The lowest BCUT2D eigenvalue weighted by Crippen LogP contribution is -2.20. The van der Waals surface area contributed by atoms with Gasteiger partial charge in [-0.3, -0.25) is 14.3 Å². The Balaban J connectivity index is 1.81. The van der Waals surface area contributed by atoms with E-state index in [4.69, 9.17) is 0 Å². The quantitative estimate of drug-likeness (QED) is 0.560. The minimum absolute atomic E-state index is 0.119. The molecule has 1 aromatic heterocycles. The van der Waals surface area contributed by atoms with Crippen molar-refractivity contribution in [3.05, 3.63) is 87.3 Å². The topological polar surface area (TPSA) is 68.4 Å². The Hall–Kier alpha value is -3.41. The molecule has 1 heterocycles. The second kappa shape index (κ2) is 7.86. The summed E-state index contributed by atoms with van der Waals surface area (Å²) < 4.78 is 3.29. The molecule has 27 heavy (non-hydrogen) atoms. The first kappa shape index (κ1) is 18.4. The second-order valence-electron chi connectivity index (χ2n) is 6.24. The number of aryl methyl sites for hydroxylation is 1. The van der Waals surface area contributed by atoms with Crippen LogP contribution in [0.1, 0.15) is 34.1 Å². The molecule has 0 aliphatic heterocycles. The van der Waals surface area contributed by atoms with E-state index >= 15 is 0 Å². The first-order valence-electron chi connectivity index (χ1n) is 8.79. The molecule has 0 fully saturated rings. The van der Waals surface area contributed by atoms with Gasteiger partial charge in [0.05, 0.1) is 17.6 Å². The normalized spacial score (nSPS) is 11.1. The number of aromatic nitrogens is 2. The number of hydrogen-bond donors (Lipinski definition) is 1. The number of benzene rings is 2. The summed E-state index contributed by atoms with van der Waals surface area (Å²) in [6, 6.07) is 16.8. The monoisotopic (exact) mass is 362 g/mol. The van der Waals surface area contributed by atoms with Gasteiger partial charge in [-0.1, -0.05) is 37.3 Å². The zero-order valence-corrected chi connectivity index (χ0v) is 15.6. The van der Waals surface area contributed by atoms with Crippen LogP contribution in [0.3, 0.4) is 0 Å². The Morgan fingerprint density at radius 3 is 2.41 bits per heavy atom. The van der Waals surface area contributed by atoms with Gasteiger partial charge in [0.15, 0.2) is 0 Å². The van der Waals surface area contributed by atoms with Crippen LogP contribution < -0.4 is 11.0 Å². The van der Waals surface area contributed by atoms with Crippen LogP contribution in [0.25, 0.3) is 5.69 Å². The largest absolute Gasteiger partial charge is 0.279 e. The summed E-state index contributed by atoms with van der Waals surface area (Å²) in [4.78, 5) is 24.8. The van der Waals surface area contributed by atoms with Gasteiger partial charge >= 0.3 is 0 Å². The summed E-state index contributed by atoms with van der Waals surface area (Å²) in [6.07, 6.45) is 2.42. The predicted molar refractivity (Wildman–Crippen MR) is 107 cm³/mol. The van der Waals surface area contributed by atoms with Crippen molar-refractivity contribution >= 4 is 12.1 Å². The molecular weight excluding hydrogens is 340 g/mol. The third kappa shape index (κ3) is 3.74. The van der Waals surface area contributed by atoms with Gasteiger partial charge in [0.1, 0.15) is 0 Å². The third-order valence-corrected chi connectivity index (χ3v) is 4.52. The highest BCUT2D eigenvalue weighted by atomic mass is 16.2. The van der Waals surface area contributed by atoms with Crippen LogP contribution in [-0.2, 0) is 13.5 Å². The molecule has 0 spiro atoms. The third-order valence-electron chi connectivity index (χ3n) is 4.52. The van der Waals surface area contributed by atoms with Gasteiger partial charge < -0.3 is 0 Å². The fourth-order valence-corrected chi connectivity index (χ4v) is 2.90. The predicted octanol–water partition coefficient (Wildman–Crippen LogP) is 2.81. The number of carbonyl (C=O) groups is 1. The molecule has 0 bridgehead atoms. The molecule has 0 saturated heterocycles. The zero-order chi connectivity index (χ0) is 19.4. The van der Waals surface area contributed by atoms with Crippen molar-refractivity contribution in [2.45, 2.75) is 20.3 Å². The lowest BCUT2D eigenvalue weighted by molar-refractivity contribution is 0.0955. The van der Waals surface area contributed by atoms with Crippen molar-refractivity contribution < 1.29 is 4.79 Å². The molecule has 0 saturated carbocycles. The van der Waals surface area contributed by atoms with Crippen LogP contribution in [0.4, 0.5) is 0 Å². The van der Waals surface area contributed by atoms with E-state index in [1.807, 2.05) is 42.5 Å². The molecule has 6 nitrogen and oxygen atoms in total. The molecule has 3 rings (SSSR count). The number of hydrogen-bond acceptors (Lipinski definition) is 3. The average molecular weight is 362 g/mol. The van der Waals surface area contributed by atoms with Crippen LogP contribution in [0.15, 0.2) is 64.5 Å². The molecule has 138 valence electrons. The summed E-state index contributed by atoms with van der Waals surface area (Å²) in [7, 11) is 1.79. The molecular formula is C21H22N4O2. The highest BCUT2D eigenvalue weighted by molar-refractivity contribution is 5.94. The van der Waals surface area contributed by atoms with Crippen LogP contribution in [0, 0.1) is 6.92 Å². The van der Waals surface area contributed by atoms with Crippen LogP contribution >= 0.6 is 0 Å². The first-order chi connectivity index (χ1) is 13.0. The average Bonchev–Trinajstić information content (AvgIpc) is 2.91. The second-order valence-corrected chi connectivity index (χ2v) is 6.24. The molecule has 0 atom stereocenters. The highest BCUT2D eigenvalue weighted by Gasteiger charge is 2.14. The fraction of sp³-hybridized carbons (Fsp3) is 0.190. The molecule has 2 aromatic carbocycles. The Kier molecular flexibility index (Phi) is 5.35. The maximum absolute atomic E-state index is 12.6. The Morgan fingerprint density at radius 1 is 1.11 bits per heavy atom. The van der Waals surface area contributed by atoms with Gasteiger partial charge in [0.25, 0.3) is 11.5 Å². The van der Waals surface area contributed by atoms with E-state index in [2.05, 4.69) is 17.5 Å². The van der Waals surface area contributed by atoms with E-state index in [9.17, 15) is 9.59 Å². The summed E-state index contributed by atoms with van der Waals surface area (Å²) in [6.45, 7) is 3.81. The standard InChI is InChI=1S/C21H22N4O2/c1-4-16-10-12-17(13-11-16)20(26)23-22-14-19-15(2)21(27)25(24(19)3)18-8-6-5-7-9-18/h5-14H,4H2,1-3H3,(H,23,26)/b22-14-. The van der Waals surface area contributed by atoms with Crippen LogP contribution in [-0.4, -0.2) is 21.5 Å². The van der Waals surface area contributed by atoms with E-state index in [1.165, 1.54) is 11.8 Å². The van der Waals surface area contributed by atoms with Crippen molar-refractivity contribution in [2.75, 3.05) is 0 Å². The Morgan fingerprint density at radius 2 is 1.78 bits per heavy atom. The first-order valence-corrected chi connectivity index (χ1v) is 8.79. The molecule has 0 aliphatic carbocycles. The lowest BCUT2D eigenvalue weighted by Gasteiger charge is -2.08. The minimum Gasteiger partial charge on any atom is -0.279 e. The number of nitrogens with one attached hydrogen (secondary N) is 1. The number of amides is 1. The number of nitrogens with zero attached hydrogens (tertiary/aromatic N) is 3. The van der Waals surface area contributed by atoms with E-state index in [-0.39, 0.29) is 11.5 Å². The van der Waals surface area contributed by atoms with Crippen molar-refractivity contribution in [3.8, 4) is 5.69 Å². The SMILES string of the molecule is CCc1ccc(C(=O)N/N=C\c2c(C)c(=O)n(-c3ccccc3)n2C)cc1. The van der Waals surface area contributed by atoms with Gasteiger partial charge in [-0.25, -0.2) is 10.1 Å². The summed E-state index contributed by atoms with van der Waals surface area (Å²) in [5.41, 5.74) is 6.07. The molecule has 3 aromatic rings.